The van der Waals surface area contributed by atoms with E-state index in [1.165, 1.54) is 4.52 Å². The van der Waals surface area contributed by atoms with Crippen LogP contribution in [0.3, 0.4) is 0 Å². The monoisotopic (exact) mass is 424 g/mol. The van der Waals surface area contributed by atoms with Crippen molar-refractivity contribution in [2.75, 3.05) is 5.32 Å². The molecule has 3 heterocycles. The molecule has 2 aliphatic rings. The highest BCUT2D eigenvalue weighted by molar-refractivity contribution is 5.70. The number of anilines is 1. The summed E-state index contributed by atoms with van der Waals surface area (Å²) in [5.74, 6) is -1.11. The highest BCUT2D eigenvalue weighted by Crippen LogP contribution is 2.24. The number of fused-ring (bicyclic) bond motifs is 1. The van der Waals surface area contributed by atoms with E-state index in [0.717, 1.165) is 18.5 Å². The lowest BCUT2D eigenvalue weighted by molar-refractivity contribution is -0.141. The Labute approximate surface area is 174 Å². The minimum Gasteiger partial charge on any atom is -0.493 e. The van der Waals surface area contributed by atoms with Gasteiger partial charge in [-0.1, -0.05) is 6.08 Å². The lowest BCUT2D eigenvalue weighted by Crippen LogP contribution is -2.25. The Kier molecular flexibility index (Phi) is 4.53. The van der Waals surface area contributed by atoms with Crippen LogP contribution in [0.25, 0.3) is 11.7 Å². The van der Waals surface area contributed by atoms with Crippen molar-refractivity contribution < 1.29 is 15.0 Å². The molecule has 0 aliphatic heterocycles. The number of carbonyl (C=O) groups is 1. The number of aromatic hydroxyl groups is 1. The Morgan fingerprint density at radius 2 is 2.13 bits per heavy atom. The average Bonchev–Trinajstić information content (AvgIpc) is 3.37. The normalized spacial score (nSPS) is 20.3. The molecule has 1 saturated carbocycles. The smallest absolute Gasteiger partial charge is 0.326 e. The number of hydrogen-bond donors (Lipinski definition) is 5. The number of nitrogens with zero attached hydrogens (tertiary/aromatic N) is 5. The lowest BCUT2D eigenvalue weighted by Gasteiger charge is -2.19. The molecule has 0 radical (unpaired) electrons. The summed E-state index contributed by atoms with van der Waals surface area (Å²) in [5.41, 5.74) is 1.41. The molecule has 160 valence electrons. The minimum atomic E-state index is -0.788. The quantitative estimate of drug-likeness (QED) is 0.369. The molecular formula is C19H20N8O4. The van der Waals surface area contributed by atoms with Crippen LogP contribution in [0.15, 0.2) is 27.8 Å². The first-order chi connectivity index (χ1) is 15.0. The molecule has 3 aromatic heterocycles. The highest BCUT2D eigenvalue weighted by Gasteiger charge is 2.22. The van der Waals surface area contributed by atoms with Crippen molar-refractivity contribution in [3.05, 3.63) is 45.0 Å². The number of aromatic nitrogens is 6. The van der Waals surface area contributed by atoms with Gasteiger partial charge in [0.1, 0.15) is 5.69 Å². The number of nitrogens with one attached hydrogen (secondary N) is 3. The Bertz CT molecular complexity index is 1380. The van der Waals surface area contributed by atoms with Crippen molar-refractivity contribution in [3.8, 4) is 5.88 Å². The molecular weight excluding hydrogens is 404 g/mol. The van der Waals surface area contributed by atoms with Crippen LogP contribution in [-0.2, 0) is 4.79 Å². The number of allylic oxidation sites excluding steroid dienone is 2. The number of carboxylic acid groups (broad SMARTS) is 1. The van der Waals surface area contributed by atoms with Gasteiger partial charge in [-0.05, 0) is 38.2 Å². The molecule has 12 nitrogen and oxygen atoms in total. The summed E-state index contributed by atoms with van der Waals surface area (Å²) < 4.78 is 1.52. The average molecular weight is 424 g/mol. The topological polar surface area (TPSA) is 174 Å². The van der Waals surface area contributed by atoms with E-state index in [4.69, 9.17) is 5.11 Å². The van der Waals surface area contributed by atoms with Gasteiger partial charge >= 0.3 is 11.7 Å². The molecule has 0 bridgehead atoms. The maximum atomic E-state index is 11.4. The fraction of sp³-hybridized carbons (Fsp3) is 0.368. The molecule has 12 heteroatoms. The number of imidazole rings is 1. The van der Waals surface area contributed by atoms with Gasteiger partial charge in [-0.3, -0.25) is 9.78 Å². The van der Waals surface area contributed by atoms with Gasteiger partial charge in [-0.2, -0.15) is 19.6 Å². The largest absolute Gasteiger partial charge is 0.493 e. The van der Waals surface area contributed by atoms with Crippen LogP contribution in [0.4, 0.5) is 5.95 Å². The van der Waals surface area contributed by atoms with Crippen LogP contribution >= 0.6 is 0 Å². The van der Waals surface area contributed by atoms with Crippen LogP contribution in [0.1, 0.15) is 37.8 Å². The van der Waals surface area contributed by atoms with Gasteiger partial charge in [0, 0.05) is 10.9 Å². The van der Waals surface area contributed by atoms with E-state index < -0.39 is 11.7 Å². The fourth-order valence-electron chi connectivity index (χ4n) is 3.45. The van der Waals surface area contributed by atoms with Crippen molar-refractivity contribution in [1.82, 2.24) is 29.5 Å². The van der Waals surface area contributed by atoms with E-state index in [1.807, 2.05) is 6.08 Å². The van der Waals surface area contributed by atoms with E-state index in [1.54, 1.807) is 12.3 Å². The molecule has 3 aromatic rings. The van der Waals surface area contributed by atoms with E-state index >= 15 is 0 Å². The number of aliphatic carboxylic acids is 1. The third-order valence-electron chi connectivity index (χ3n) is 5.29. The molecule has 0 saturated heterocycles. The van der Waals surface area contributed by atoms with Crippen LogP contribution < -0.4 is 21.8 Å². The molecule has 5 rings (SSSR count). The van der Waals surface area contributed by atoms with Crippen molar-refractivity contribution in [2.45, 2.75) is 38.1 Å². The summed E-state index contributed by atoms with van der Waals surface area (Å²) >= 11 is 0. The van der Waals surface area contributed by atoms with Crippen molar-refractivity contribution in [1.29, 1.82) is 0 Å². The summed E-state index contributed by atoms with van der Waals surface area (Å²) in [6, 6.07) is 0.206. The molecule has 0 aromatic carbocycles. The van der Waals surface area contributed by atoms with Crippen molar-refractivity contribution >= 4 is 23.6 Å². The van der Waals surface area contributed by atoms with Gasteiger partial charge in [-0.25, -0.2) is 9.79 Å². The maximum absolute atomic E-state index is 11.4. The van der Waals surface area contributed by atoms with Crippen LogP contribution in [0, 0.1) is 5.92 Å². The third-order valence-corrected chi connectivity index (χ3v) is 5.29. The highest BCUT2D eigenvalue weighted by atomic mass is 16.4. The number of H-pyrrole nitrogens is 2. The predicted octanol–water partition coefficient (Wildman–Crippen LogP) is -0.362. The zero-order valence-electron chi connectivity index (χ0n) is 16.4. The summed E-state index contributed by atoms with van der Waals surface area (Å²) in [7, 11) is 0. The first-order valence-electron chi connectivity index (χ1n) is 9.98. The summed E-state index contributed by atoms with van der Waals surface area (Å²) in [5, 5.41) is 27.1. The van der Waals surface area contributed by atoms with Crippen LogP contribution in [0.5, 0.6) is 5.88 Å². The second-order valence-electron chi connectivity index (χ2n) is 7.69. The Morgan fingerprint density at radius 3 is 2.77 bits per heavy atom. The van der Waals surface area contributed by atoms with E-state index in [0.29, 0.717) is 41.7 Å². The molecule has 1 atom stereocenters. The van der Waals surface area contributed by atoms with E-state index in [-0.39, 0.29) is 23.5 Å². The second-order valence-corrected chi connectivity index (χ2v) is 7.69. The Morgan fingerprint density at radius 1 is 1.29 bits per heavy atom. The predicted molar refractivity (Wildman–Crippen MR) is 108 cm³/mol. The molecule has 31 heavy (non-hydrogen) atoms. The molecule has 2 aliphatic carbocycles. The van der Waals surface area contributed by atoms with Gasteiger partial charge in [0.25, 0.3) is 5.62 Å². The number of rotatable bonds is 5. The van der Waals surface area contributed by atoms with E-state index in [9.17, 15) is 14.7 Å². The second kappa shape index (κ2) is 7.38. The van der Waals surface area contributed by atoms with E-state index in [2.05, 4.69) is 35.3 Å². The Balaban J connectivity index is 1.57. The lowest BCUT2D eigenvalue weighted by atomic mass is 9.93. The standard InChI is InChI=1S/C19H20N8O4/c28-15-13(23-19(31)25-15)7-10-8-20-27-14(10)24-17(26-18(27)22-12-5-6-12)21-11-3-1-9(2-4-11)16(29)30/h3,7-9,12,28H,1-2,4-6H2,(H,29,30)(H,21,22,26)(H2,23,25,31). The molecule has 0 amide bonds. The summed E-state index contributed by atoms with van der Waals surface area (Å²) in [6.07, 6.45) is 8.54. The van der Waals surface area contributed by atoms with Gasteiger partial charge in [0.2, 0.25) is 11.8 Å². The van der Waals surface area contributed by atoms with Gasteiger partial charge < -0.3 is 20.5 Å². The van der Waals surface area contributed by atoms with Gasteiger partial charge in [-0.15, -0.1) is 0 Å². The first-order valence-corrected chi connectivity index (χ1v) is 9.98. The zero-order chi connectivity index (χ0) is 21.5. The summed E-state index contributed by atoms with van der Waals surface area (Å²) in [4.78, 5) is 41.0. The van der Waals surface area contributed by atoms with Crippen LogP contribution in [0.2, 0.25) is 0 Å². The van der Waals surface area contributed by atoms with Crippen molar-refractivity contribution in [3.63, 3.8) is 0 Å². The molecule has 1 fully saturated rings. The summed E-state index contributed by atoms with van der Waals surface area (Å²) in [6.45, 7) is 0. The number of aromatic amines is 2. The molecule has 1 unspecified atom stereocenters. The molecule has 5 N–H and O–H groups in total. The van der Waals surface area contributed by atoms with Crippen LogP contribution in [-0.4, -0.2) is 51.8 Å². The zero-order valence-corrected chi connectivity index (χ0v) is 16.4. The Hall–Kier alpha value is -3.96. The number of hydrogen-bond acceptors (Lipinski definition) is 8. The maximum Gasteiger partial charge on any atom is 0.326 e. The minimum absolute atomic E-state index is 0.206. The van der Waals surface area contributed by atoms with Crippen molar-refractivity contribution in [2.24, 2.45) is 10.9 Å². The first kappa shape index (κ1) is 19.0. The van der Waals surface area contributed by atoms with Gasteiger partial charge in [0.15, 0.2) is 5.65 Å². The number of carboxylic acids is 1. The van der Waals surface area contributed by atoms with Gasteiger partial charge in [0.05, 0.1) is 18.2 Å². The fourth-order valence-corrected chi connectivity index (χ4v) is 3.45. The molecule has 0 spiro atoms. The third kappa shape index (κ3) is 3.91. The SMILES string of the molecule is O=C(O)C1CC=C(Nc2nc(=NC3CC3)n3ncc(=Cc4[nH]c(=O)[nH]c4O)c3n2)CC1.